The lowest BCUT2D eigenvalue weighted by Crippen LogP contribution is -2.34. The molecule has 1 heterocycles. The third-order valence-electron chi connectivity index (χ3n) is 4.38. The molecule has 1 aliphatic rings. The quantitative estimate of drug-likeness (QED) is 0.174. The molecule has 11 heteroatoms. The second-order valence-corrected chi connectivity index (χ2v) is 9.27. The van der Waals surface area contributed by atoms with Crippen molar-refractivity contribution in [2.24, 2.45) is 0 Å². The smallest absolute Gasteiger partial charge is 0.345 e. The van der Waals surface area contributed by atoms with Gasteiger partial charge in [-0.3, -0.25) is 19.3 Å². The molecule has 8 nitrogen and oxygen atoms in total. The van der Waals surface area contributed by atoms with E-state index in [1.807, 2.05) is 22.6 Å². The van der Waals surface area contributed by atoms with Gasteiger partial charge in [0.1, 0.15) is 6.54 Å². The van der Waals surface area contributed by atoms with E-state index in [1.165, 1.54) is 6.08 Å². The number of thioether (sulfide) groups is 1. The van der Waals surface area contributed by atoms with Gasteiger partial charge in [-0.2, -0.15) is 0 Å². The van der Waals surface area contributed by atoms with Crippen LogP contribution in [0.5, 0.6) is 11.5 Å². The molecule has 3 rings (SSSR count). The maximum Gasteiger partial charge on any atom is 0.345 e. The minimum Gasteiger partial charge on any atom is -0.490 e. The van der Waals surface area contributed by atoms with Crippen molar-refractivity contribution in [1.82, 2.24) is 4.90 Å². The lowest BCUT2D eigenvalue weighted by atomic mass is 10.1. The Hall–Kier alpha value is -2.57. The molecule has 0 aromatic heterocycles. The summed E-state index contributed by atoms with van der Waals surface area (Å²) in [5.74, 6) is -1.40. The normalized spacial score (nSPS) is 14.5. The van der Waals surface area contributed by atoms with E-state index in [0.29, 0.717) is 15.7 Å². The van der Waals surface area contributed by atoms with E-state index in [9.17, 15) is 19.2 Å². The van der Waals surface area contributed by atoms with Crippen molar-refractivity contribution in [3.05, 3.63) is 61.0 Å². The van der Waals surface area contributed by atoms with Crippen molar-refractivity contribution < 1.29 is 33.4 Å². The molecular formula is C23H19ClINO7S. The summed E-state index contributed by atoms with van der Waals surface area (Å²) in [7, 11) is 0. The highest BCUT2D eigenvalue weighted by molar-refractivity contribution is 14.1. The van der Waals surface area contributed by atoms with E-state index in [4.69, 9.17) is 25.8 Å². The SMILES string of the molecule is CCOC(=O)CN1C(=O)S/C(=C\c2cc(I)c(OC(=O)c3ccccc3Cl)c(OCC)c2)C1=O. The molecule has 2 aromatic rings. The Morgan fingerprint density at radius 3 is 2.56 bits per heavy atom. The number of rotatable bonds is 8. The van der Waals surface area contributed by atoms with Gasteiger partial charge < -0.3 is 14.2 Å². The molecule has 0 N–H and O–H groups in total. The molecule has 0 saturated carbocycles. The number of nitrogens with zero attached hydrogens (tertiary/aromatic N) is 1. The van der Waals surface area contributed by atoms with Gasteiger partial charge in [-0.15, -0.1) is 0 Å². The fourth-order valence-electron chi connectivity index (χ4n) is 2.93. The van der Waals surface area contributed by atoms with Crippen molar-refractivity contribution in [2.75, 3.05) is 19.8 Å². The van der Waals surface area contributed by atoms with Gasteiger partial charge in [0.15, 0.2) is 11.5 Å². The van der Waals surface area contributed by atoms with Crippen molar-refractivity contribution in [2.45, 2.75) is 13.8 Å². The molecule has 1 saturated heterocycles. The van der Waals surface area contributed by atoms with E-state index in [1.54, 1.807) is 50.2 Å². The topological polar surface area (TPSA) is 99.2 Å². The van der Waals surface area contributed by atoms with Crippen molar-refractivity contribution in [3.63, 3.8) is 0 Å². The second kappa shape index (κ2) is 11.7. The highest BCUT2D eigenvalue weighted by atomic mass is 127. The van der Waals surface area contributed by atoms with Crippen LogP contribution >= 0.6 is 46.0 Å². The first kappa shape index (κ1) is 26.0. The van der Waals surface area contributed by atoms with Gasteiger partial charge in [-0.1, -0.05) is 23.7 Å². The lowest BCUT2D eigenvalue weighted by molar-refractivity contribution is -0.145. The number of hydrogen-bond donors (Lipinski definition) is 0. The number of imide groups is 1. The summed E-state index contributed by atoms with van der Waals surface area (Å²) in [6.45, 7) is 3.41. The van der Waals surface area contributed by atoms with Crippen LogP contribution in [-0.4, -0.2) is 47.7 Å². The molecule has 34 heavy (non-hydrogen) atoms. The maximum atomic E-state index is 12.7. The number of halogens is 2. The van der Waals surface area contributed by atoms with E-state index < -0.39 is 29.6 Å². The van der Waals surface area contributed by atoms with Gasteiger partial charge in [-0.25, -0.2) is 4.79 Å². The molecule has 0 bridgehead atoms. The van der Waals surface area contributed by atoms with Crippen LogP contribution in [0.15, 0.2) is 41.3 Å². The van der Waals surface area contributed by atoms with Crippen LogP contribution in [0.2, 0.25) is 5.02 Å². The zero-order valence-corrected chi connectivity index (χ0v) is 21.9. The minimum atomic E-state index is -0.663. The fourth-order valence-corrected chi connectivity index (χ4v) is 4.72. The van der Waals surface area contributed by atoms with Crippen molar-refractivity contribution in [3.8, 4) is 11.5 Å². The monoisotopic (exact) mass is 615 g/mol. The summed E-state index contributed by atoms with van der Waals surface area (Å²) in [6, 6.07) is 9.80. The van der Waals surface area contributed by atoms with Gasteiger partial charge in [0.2, 0.25) is 0 Å². The van der Waals surface area contributed by atoms with Crippen LogP contribution < -0.4 is 9.47 Å². The molecule has 0 atom stereocenters. The number of amides is 2. The van der Waals surface area contributed by atoms with E-state index in [2.05, 4.69) is 0 Å². The first-order valence-corrected chi connectivity index (χ1v) is 12.4. The first-order valence-electron chi connectivity index (χ1n) is 10.1. The molecule has 0 radical (unpaired) electrons. The van der Waals surface area contributed by atoms with Crippen LogP contribution in [0, 0.1) is 3.57 Å². The van der Waals surface area contributed by atoms with Crippen molar-refractivity contribution >= 4 is 75.1 Å². The number of hydrogen-bond acceptors (Lipinski definition) is 8. The molecule has 0 spiro atoms. The van der Waals surface area contributed by atoms with E-state index >= 15 is 0 Å². The predicted molar refractivity (Wildman–Crippen MR) is 136 cm³/mol. The van der Waals surface area contributed by atoms with Crippen molar-refractivity contribution in [1.29, 1.82) is 0 Å². The van der Waals surface area contributed by atoms with Gasteiger partial charge in [0.05, 0.1) is 32.3 Å². The number of esters is 2. The Bertz CT molecular complexity index is 1180. The molecular weight excluding hydrogens is 597 g/mol. The Morgan fingerprint density at radius 2 is 1.88 bits per heavy atom. The second-order valence-electron chi connectivity index (χ2n) is 6.71. The Morgan fingerprint density at radius 1 is 1.15 bits per heavy atom. The Kier molecular flexibility index (Phi) is 8.97. The minimum absolute atomic E-state index is 0.147. The summed E-state index contributed by atoms with van der Waals surface area (Å²) in [6.07, 6.45) is 1.51. The van der Waals surface area contributed by atoms with Crippen LogP contribution in [0.25, 0.3) is 6.08 Å². The molecule has 2 amide bonds. The lowest BCUT2D eigenvalue weighted by Gasteiger charge is -2.14. The maximum absolute atomic E-state index is 12.7. The molecule has 2 aromatic carbocycles. The summed E-state index contributed by atoms with van der Waals surface area (Å²) < 4.78 is 16.6. The highest BCUT2D eigenvalue weighted by Crippen LogP contribution is 2.38. The standard InChI is InChI=1S/C23H19ClINO7S/c1-3-31-17-10-13(11-18-21(28)26(23(30)34-18)12-19(27)32-4-2)9-16(25)20(17)33-22(29)14-7-5-6-8-15(14)24/h5-11H,3-4,12H2,1-2H3/b18-11-. The molecule has 1 fully saturated rings. The number of ether oxygens (including phenoxy) is 3. The number of carbonyl (C=O) groups excluding carboxylic acids is 4. The Balaban J connectivity index is 1.88. The molecule has 178 valence electrons. The zero-order chi connectivity index (χ0) is 24.8. The van der Waals surface area contributed by atoms with E-state index in [0.717, 1.165) is 16.7 Å². The molecule has 0 aliphatic carbocycles. The predicted octanol–water partition coefficient (Wildman–Crippen LogP) is 5.16. The molecule has 0 unspecified atom stereocenters. The van der Waals surface area contributed by atoms with Crippen LogP contribution in [0.1, 0.15) is 29.8 Å². The van der Waals surface area contributed by atoms with E-state index in [-0.39, 0.29) is 33.6 Å². The average molecular weight is 616 g/mol. The molecule has 1 aliphatic heterocycles. The van der Waals surface area contributed by atoms with Gasteiger partial charge >= 0.3 is 11.9 Å². The summed E-state index contributed by atoms with van der Waals surface area (Å²) in [5, 5.41) is -0.301. The first-order chi connectivity index (χ1) is 16.2. The number of carbonyl (C=O) groups is 4. The fraction of sp³-hybridized carbons (Fsp3) is 0.217. The van der Waals surface area contributed by atoms with Crippen LogP contribution in [0.4, 0.5) is 4.79 Å². The van der Waals surface area contributed by atoms with Gasteiger partial charge in [0.25, 0.3) is 11.1 Å². The Labute approximate surface area is 218 Å². The summed E-state index contributed by atoms with van der Waals surface area (Å²) in [4.78, 5) is 50.2. The third kappa shape index (κ3) is 6.10. The summed E-state index contributed by atoms with van der Waals surface area (Å²) in [5.41, 5.74) is 0.758. The number of benzene rings is 2. The highest BCUT2D eigenvalue weighted by Gasteiger charge is 2.36. The third-order valence-corrected chi connectivity index (χ3v) is 6.42. The summed E-state index contributed by atoms with van der Waals surface area (Å²) >= 11 is 8.81. The van der Waals surface area contributed by atoms with Gasteiger partial charge in [-0.05, 0) is 84.1 Å². The largest absolute Gasteiger partial charge is 0.490 e. The van der Waals surface area contributed by atoms with Crippen LogP contribution in [-0.2, 0) is 14.3 Å². The van der Waals surface area contributed by atoms with Gasteiger partial charge in [0, 0.05) is 0 Å². The average Bonchev–Trinajstić information content (AvgIpc) is 3.04. The zero-order valence-electron chi connectivity index (χ0n) is 18.1. The van der Waals surface area contributed by atoms with Crippen LogP contribution in [0.3, 0.4) is 0 Å².